The Bertz CT molecular complexity index is 707. The van der Waals surface area contributed by atoms with E-state index in [1.165, 1.54) is 0 Å². The minimum Gasteiger partial charge on any atom is -0.507 e. The molecule has 2 rings (SSSR count). The van der Waals surface area contributed by atoms with E-state index < -0.39 is 0 Å². The third-order valence-corrected chi connectivity index (χ3v) is 3.67. The van der Waals surface area contributed by atoms with Gasteiger partial charge in [-0.05, 0) is 28.7 Å². The topological polar surface area (TPSA) is 46.5 Å². The number of carbonyl (C=O) groups is 1. The van der Waals surface area contributed by atoms with Crippen molar-refractivity contribution in [2.45, 2.75) is 32.8 Å². The SMILES string of the molecule is C=Cc1ccc(COc2cc(C=O)c(O)c(C(C)(C)C)c2)cc1. The fourth-order valence-electron chi connectivity index (χ4n) is 2.29. The number of aldehydes is 1. The molecule has 1 N–H and O–H groups in total. The van der Waals surface area contributed by atoms with Crippen molar-refractivity contribution in [1.82, 2.24) is 0 Å². The highest BCUT2D eigenvalue weighted by Gasteiger charge is 2.21. The van der Waals surface area contributed by atoms with Crippen LogP contribution in [0, 0.1) is 0 Å². The number of ether oxygens (including phenoxy) is 1. The van der Waals surface area contributed by atoms with Crippen LogP contribution < -0.4 is 4.74 Å². The number of aromatic hydroxyl groups is 1. The van der Waals surface area contributed by atoms with Gasteiger partial charge >= 0.3 is 0 Å². The van der Waals surface area contributed by atoms with E-state index in [2.05, 4.69) is 6.58 Å². The molecule has 0 aliphatic carbocycles. The quantitative estimate of drug-likeness (QED) is 0.812. The van der Waals surface area contributed by atoms with Gasteiger partial charge in [0.2, 0.25) is 0 Å². The number of hydrogen-bond donors (Lipinski definition) is 1. The molecule has 0 saturated heterocycles. The lowest BCUT2D eigenvalue weighted by molar-refractivity contribution is 0.112. The van der Waals surface area contributed by atoms with E-state index >= 15 is 0 Å². The van der Waals surface area contributed by atoms with Crippen LogP contribution in [-0.4, -0.2) is 11.4 Å². The molecular weight excluding hydrogens is 288 g/mol. The molecule has 3 heteroatoms. The maximum absolute atomic E-state index is 11.2. The van der Waals surface area contributed by atoms with Crippen molar-refractivity contribution in [1.29, 1.82) is 0 Å². The Balaban J connectivity index is 2.25. The van der Waals surface area contributed by atoms with Crippen molar-refractivity contribution in [3.63, 3.8) is 0 Å². The maximum Gasteiger partial charge on any atom is 0.153 e. The van der Waals surface area contributed by atoms with Gasteiger partial charge in [-0.2, -0.15) is 0 Å². The van der Waals surface area contributed by atoms with E-state index in [1.807, 2.05) is 45.0 Å². The Morgan fingerprint density at radius 3 is 2.35 bits per heavy atom. The summed E-state index contributed by atoms with van der Waals surface area (Å²) in [4.78, 5) is 11.2. The number of phenols is 1. The van der Waals surface area contributed by atoms with Gasteiger partial charge in [-0.3, -0.25) is 4.79 Å². The zero-order valence-electron chi connectivity index (χ0n) is 13.8. The van der Waals surface area contributed by atoms with E-state index in [-0.39, 0.29) is 16.7 Å². The van der Waals surface area contributed by atoms with Crippen molar-refractivity contribution >= 4 is 12.4 Å². The molecule has 0 aliphatic rings. The van der Waals surface area contributed by atoms with E-state index in [0.717, 1.165) is 11.1 Å². The minimum atomic E-state index is -0.285. The summed E-state index contributed by atoms with van der Waals surface area (Å²) < 4.78 is 5.80. The molecule has 0 amide bonds. The largest absolute Gasteiger partial charge is 0.507 e. The first-order valence-corrected chi connectivity index (χ1v) is 7.52. The van der Waals surface area contributed by atoms with Gasteiger partial charge in [-0.1, -0.05) is 57.7 Å². The molecule has 0 aliphatic heterocycles. The van der Waals surface area contributed by atoms with E-state index in [0.29, 0.717) is 24.2 Å². The van der Waals surface area contributed by atoms with Crippen LogP contribution in [0.3, 0.4) is 0 Å². The molecule has 0 fully saturated rings. The third-order valence-electron chi connectivity index (χ3n) is 3.67. The fraction of sp³-hybridized carbons (Fsp3) is 0.250. The van der Waals surface area contributed by atoms with Gasteiger partial charge in [0.25, 0.3) is 0 Å². The van der Waals surface area contributed by atoms with Gasteiger partial charge in [0.1, 0.15) is 18.1 Å². The number of rotatable bonds is 5. The Morgan fingerprint density at radius 2 is 1.83 bits per heavy atom. The highest BCUT2D eigenvalue weighted by atomic mass is 16.5. The average molecular weight is 310 g/mol. The molecule has 3 nitrogen and oxygen atoms in total. The summed E-state index contributed by atoms with van der Waals surface area (Å²) in [5.74, 6) is 0.595. The van der Waals surface area contributed by atoms with Crippen LogP contribution in [0.5, 0.6) is 11.5 Å². The second kappa shape index (κ2) is 6.69. The summed E-state index contributed by atoms with van der Waals surface area (Å²) in [5, 5.41) is 10.2. The van der Waals surface area contributed by atoms with Crippen LogP contribution in [-0.2, 0) is 12.0 Å². The molecule has 2 aromatic carbocycles. The summed E-state index contributed by atoms with van der Waals surface area (Å²) in [5.41, 5.74) is 2.73. The monoisotopic (exact) mass is 310 g/mol. The molecular formula is C20H22O3. The summed E-state index contributed by atoms with van der Waals surface area (Å²) in [6.07, 6.45) is 2.44. The zero-order chi connectivity index (χ0) is 17.0. The molecule has 120 valence electrons. The van der Waals surface area contributed by atoms with E-state index in [1.54, 1.807) is 18.2 Å². The first-order valence-electron chi connectivity index (χ1n) is 7.52. The van der Waals surface area contributed by atoms with Gasteiger partial charge in [-0.25, -0.2) is 0 Å². The van der Waals surface area contributed by atoms with Crippen LogP contribution in [0.1, 0.15) is 47.8 Å². The molecule has 0 heterocycles. The van der Waals surface area contributed by atoms with Crippen LogP contribution in [0.15, 0.2) is 43.0 Å². The Morgan fingerprint density at radius 1 is 1.17 bits per heavy atom. The Kier molecular flexibility index (Phi) is 4.89. The van der Waals surface area contributed by atoms with Gasteiger partial charge in [0.05, 0.1) is 5.56 Å². The highest BCUT2D eigenvalue weighted by Crippen LogP contribution is 2.36. The molecule has 0 bridgehead atoms. The molecule has 0 unspecified atom stereocenters. The van der Waals surface area contributed by atoms with Gasteiger partial charge in [0, 0.05) is 5.56 Å². The van der Waals surface area contributed by atoms with Crippen LogP contribution in [0.25, 0.3) is 6.08 Å². The minimum absolute atomic E-state index is 0.0233. The normalized spacial score (nSPS) is 11.1. The first kappa shape index (κ1) is 16.8. The van der Waals surface area contributed by atoms with Gasteiger partial charge < -0.3 is 9.84 Å². The van der Waals surface area contributed by atoms with Crippen molar-refractivity contribution < 1.29 is 14.6 Å². The second-order valence-corrected chi connectivity index (χ2v) is 6.51. The van der Waals surface area contributed by atoms with Gasteiger partial charge in [-0.15, -0.1) is 0 Å². The van der Waals surface area contributed by atoms with E-state index in [9.17, 15) is 9.90 Å². The van der Waals surface area contributed by atoms with Crippen LogP contribution >= 0.6 is 0 Å². The van der Waals surface area contributed by atoms with E-state index in [4.69, 9.17) is 4.74 Å². The smallest absolute Gasteiger partial charge is 0.153 e. The van der Waals surface area contributed by atoms with Crippen molar-refractivity contribution in [3.8, 4) is 11.5 Å². The van der Waals surface area contributed by atoms with Crippen molar-refractivity contribution in [2.75, 3.05) is 0 Å². The summed E-state index contributed by atoms with van der Waals surface area (Å²) in [6.45, 7) is 10.1. The van der Waals surface area contributed by atoms with Crippen LogP contribution in [0.4, 0.5) is 0 Å². The number of phenolic OH excluding ortho intramolecular Hbond substituents is 1. The number of hydrogen-bond acceptors (Lipinski definition) is 3. The average Bonchev–Trinajstić information content (AvgIpc) is 2.53. The standard InChI is InChI=1S/C20H22O3/c1-5-14-6-8-15(9-7-14)13-23-17-10-16(12-21)19(22)18(11-17)20(2,3)4/h5-12,22H,1,13H2,2-4H3. The Labute approximate surface area is 137 Å². The molecule has 0 spiro atoms. The maximum atomic E-state index is 11.2. The van der Waals surface area contributed by atoms with Crippen molar-refractivity contribution in [2.24, 2.45) is 0 Å². The molecule has 23 heavy (non-hydrogen) atoms. The molecule has 0 atom stereocenters. The predicted octanol–water partition coefficient (Wildman–Crippen LogP) is 4.72. The molecule has 0 radical (unpaired) electrons. The number of carbonyl (C=O) groups excluding carboxylic acids is 1. The number of benzene rings is 2. The summed E-state index contributed by atoms with van der Waals surface area (Å²) >= 11 is 0. The molecule has 2 aromatic rings. The lowest BCUT2D eigenvalue weighted by atomic mass is 9.85. The zero-order valence-corrected chi connectivity index (χ0v) is 13.8. The highest BCUT2D eigenvalue weighted by molar-refractivity contribution is 5.81. The lowest BCUT2D eigenvalue weighted by Gasteiger charge is -2.22. The Hall–Kier alpha value is -2.55. The van der Waals surface area contributed by atoms with Crippen LogP contribution in [0.2, 0.25) is 0 Å². The summed E-state index contributed by atoms with van der Waals surface area (Å²) in [6, 6.07) is 11.3. The van der Waals surface area contributed by atoms with Gasteiger partial charge in [0.15, 0.2) is 6.29 Å². The molecule has 0 saturated carbocycles. The third kappa shape index (κ3) is 4.01. The fourth-order valence-corrected chi connectivity index (χ4v) is 2.29. The van der Waals surface area contributed by atoms with Crippen molar-refractivity contribution in [3.05, 3.63) is 65.2 Å². The summed E-state index contributed by atoms with van der Waals surface area (Å²) in [7, 11) is 0. The predicted molar refractivity (Wildman–Crippen MR) is 93.1 cm³/mol. The first-order chi connectivity index (χ1) is 10.8. The lowest BCUT2D eigenvalue weighted by Crippen LogP contribution is -2.12. The second-order valence-electron chi connectivity index (χ2n) is 6.51. The molecule has 0 aromatic heterocycles.